The molecule has 138 valence electrons. The molecule has 7 heteroatoms. The second-order valence-electron chi connectivity index (χ2n) is 6.08. The summed E-state index contributed by atoms with van der Waals surface area (Å²) in [4.78, 5) is 4.39. The molecule has 0 aliphatic heterocycles. The van der Waals surface area contributed by atoms with Gasteiger partial charge in [-0.2, -0.15) is 5.26 Å². The highest BCUT2D eigenvalue weighted by Crippen LogP contribution is 2.25. The molecule has 0 saturated heterocycles. The average Bonchev–Trinajstić information content (AvgIpc) is 2.62. The molecule has 0 atom stereocenters. The Bertz CT molecular complexity index is 884. The first-order valence-corrected chi connectivity index (χ1v) is 10.5. The van der Waals surface area contributed by atoms with Crippen molar-refractivity contribution < 1.29 is 8.42 Å². The van der Waals surface area contributed by atoms with Crippen LogP contribution in [0.2, 0.25) is 5.02 Å². The number of hydrogen-bond donors (Lipinski definition) is 1. The topological polar surface area (TPSA) is 82.8 Å². The predicted octanol–water partition coefficient (Wildman–Crippen LogP) is 4.52. The summed E-state index contributed by atoms with van der Waals surface area (Å²) in [5.74, 6) is 0. The van der Waals surface area contributed by atoms with Crippen molar-refractivity contribution in [3.8, 4) is 17.3 Å². The fourth-order valence-corrected chi connectivity index (χ4v) is 4.26. The van der Waals surface area contributed by atoms with Gasteiger partial charge in [0.2, 0.25) is 10.0 Å². The van der Waals surface area contributed by atoms with Gasteiger partial charge in [-0.1, -0.05) is 50.4 Å². The summed E-state index contributed by atoms with van der Waals surface area (Å²) in [7, 11) is -3.58. The Labute approximate surface area is 160 Å². The number of nitrogens with zero attached hydrogens (tertiary/aromatic N) is 2. The van der Waals surface area contributed by atoms with Crippen LogP contribution in [0, 0.1) is 11.3 Å². The maximum Gasteiger partial charge on any atom is 0.240 e. The van der Waals surface area contributed by atoms with E-state index in [1.165, 1.54) is 24.4 Å². The van der Waals surface area contributed by atoms with E-state index in [1.54, 1.807) is 12.1 Å². The van der Waals surface area contributed by atoms with Crippen LogP contribution in [0.15, 0.2) is 41.4 Å². The summed E-state index contributed by atoms with van der Waals surface area (Å²) in [6, 6.07) is 9.91. The highest BCUT2D eigenvalue weighted by molar-refractivity contribution is 7.89. The van der Waals surface area contributed by atoms with Crippen LogP contribution in [0.4, 0.5) is 0 Å². The number of pyridine rings is 1. The highest BCUT2D eigenvalue weighted by Gasteiger charge is 2.19. The zero-order valence-electron chi connectivity index (χ0n) is 14.9. The molecule has 0 amide bonds. The summed E-state index contributed by atoms with van der Waals surface area (Å²) in [5, 5.41) is 9.61. The smallest absolute Gasteiger partial charge is 0.240 e. The van der Waals surface area contributed by atoms with Crippen LogP contribution >= 0.6 is 11.6 Å². The van der Waals surface area contributed by atoms with Gasteiger partial charge in [0.05, 0.1) is 21.2 Å². The van der Waals surface area contributed by atoms with E-state index in [2.05, 4.69) is 15.8 Å². The largest absolute Gasteiger partial charge is 0.253 e. The third kappa shape index (κ3) is 5.04. The van der Waals surface area contributed by atoms with Crippen molar-refractivity contribution in [1.29, 1.82) is 5.26 Å². The summed E-state index contributed by atoms with van der Waals surface area (Å²) in [6.07, 6.45) is 4.93. The molecule has 0 fully saturated rings. The Balaban J connectivity index is 2.27. The van der Waals surface area contributed by atoms with Gasteiger partial charge in [-0.25, -0.2) is 13.1 Å². The predicted molar refractivity (Wildman–Crippen MR) is 103 cm³/mol. The van der Waals surface area contributed by atoms with E-state index >= 15 is 0 Å². The van der Waals surface area contributed by atoms with Crippen LogP contribution in [0.25, 0.3) is 11.3 Å². The minimum Gasteiger partial charge on any atom is -0.253 e. The van der Waals surface area contributed by atoms with Crippen LogP contribution in [0.1, 0.15) is 45.1 Å². The zero-order valence-corrected chi connectivity index (χ0v) is 16.4. The third-order valence-electron chi connectivity index (χ3n) is 4.01. The Hall–Kier alpha value is -1.94. The quantitative estimate of drug-likeness (QED) is 0.717. The number of hydrogen-bond acceptors (Lipinski definition) is 4. The van der Waals surface area contributed by atoms with Gasteiger partial charge >= 0.3 is 0 Å². The van der Waals surface area contributed by atoms with Crippen molar-refractivity contribution in [3.05, 3.63) is 47.1 Å². The van der Waals surface area contributed by atoms with Gasteiger partial charge in [-0.15, -0.1) is 0 Å². The first-order valence-electron chi connectivity index (χ1n) is 8.59. The molecule has 0 aliphatic carbocycles. The molecule has 0 spiro atoms. The number of nitriles is 1. The van der Waals surface area contributed by atoms with Crippen molar-refractivity contribution in [2.45, 2.75) is 50.5 Å². The Morgan fingerprint density at radius 1 is 1.19 bits per heavy atom. The highest BCUT2D eigenvalue weighted by atomic mass is 35.5. The number of benzene rings is 1. The van der Waals surface area contributed by atoms with E-state index in [-0.39, 0.29) is 10.9 Å². The Kier molecular flexibility index (Phi) is 7.15. The van der Waals surface area contributed by atoms with Gasteiger partial charge in [-0.3, -0.25) is 4.98 Å². The Morgan fingerprint density at radius 3 is 2.35 bits per heavy atom. The van der Waals surface area contributed by atoms with E-state index in [9.17, 15) is 13.7 Å². The van der Waals surface area contributed by atoms with Crippen LogP contribution in [-0.2, 0) is 10.0 Å². The molecule has 2 rings (SSSR count). The van der Waals surface area contributed by atoms with Gasteiger partial charge in [0.25, 0.3) is 0 Å². The lowest BCUT2D eigenvalue weighted by Gasteiger charge is -2.17. The molecule has 0 aliphatic rings. The summed E-state index contributed by atoms with van der Waals surface area (Å²) in [6.45, 7) is 4.08. The van der Waals surface area contributed by atoms with Crippen molar-refractivity contribution >= 4 is 21.6 Å². The van der Waals surface area contributed by atoms with Crippen molar-refractivity contribution in [1.82, 2.24) is 9.71 Å². The Morgan fingerprint density at radius 2 is 1.81 bits per heavy atom. The molecule has 0 saturated carbocycles. The summed E-state index contributed by atoms with van der Waals surface area (Å²) >= 11 is 5.87. The number of halogens is 1. The molecular weight excluding hydrogens is 370 g/mol. The van der Waals surface area contributed by atoms with Crippen molar-refractivity contribution in [3.63, 3.8) is 0 Å². The molecule has 1 heterocycles. The standard InChI is InChI=1S/C19H22ClN3O2S/c1-3-5-17(6-4-2)23-26(24,25)18-9-7-14(8-10-18)19-15(12-21)11-16(20)13-22-19/h7-11,13,17,23H,3-6H2,1-2H3. The number of rotatable bonds is 8. The third-order valence-corrected chi connectivity index (χ3v) is 5.75. The minimum atomic E-state index is -3.58. The van der Waals surface area contributed by atoms with Crippen LogP contribution in [0.5, 0.6) is 0 Å². The minimum absolute atomic E-state index is 0.0576. The lowest BCUT2D eigenvalue weighted by Crippen LogP contribution is -2.34. The summed E-state index contributed by atoms with van der Waals surface area (Å²) < 4.78 is 28.0. The van der Waals surface area contributed by atoms with Gasteiger partial charge in [0.15, 0.2) is 0 Å². The van der Waals surface area contributed by atoms with E-state index in [4.69, 9.17) is 11.6 Å². The van der Waals surface area contributed by atoms with E-state index in [1.807, 2.05) is 13.8 Å². The first-order chi connectivity index (χ1) is 12.4. The molecule has 5 nitrogen and oxygen atoms in total. The molecule has 0 bridgehead atoms. The van der Waals surface area contributed by atoms with Crippen LogP contribution in [0.3, 0.4) is 0 Å². The molecule has 0 unspecified atom stereocenters. The number of aromatic nitrogens is 1. The molecule has 26 heavy (non-hydrogen) atoms. The van der Waals surface area contributed by atoms with Crippen LogP contribution < -0.4 is 4.72 Å². The van der Waals surface area contributed by atoms with Crippen molar-refractivity contribution in [2.24, 2.45) is 0 Å². The number of nitrogens with one attached hydrogen (secondary N) is 1. The van der Waals surface area contributed by atoms with Gasteiger partial charge in [-0.05, 0) is 31.0 Å². The van der Waals surface area contributed by atoms with Crippen LogP contribution in [-0.4, -0.2) is 19.4 Å². The lowest BCUT2D eigenvalue weighted by atomic mass is 10.1. The second-order valence-corrected chi connectivity index (χ2v) is 8.23. The average molecular weight is 392 g/mol. The SMILES string of the molecule is CCCC(CCC)NS(=O)(=O)c1ccc(-c2ncc(Cl)cc2C#N)cc1. The summed E-state index contributed by atoms with van der Waals surface area (Å²) in [5.41, 5.74) is 1.48. The lowest BCUT2D eigenvalue weighted by molar-refractivity contribution is 0.494. The second kappa shape index (κ2) is 9.13. The van der Waals surface area contributed by atoms with Gasteiger partial charge < -0.3 is 0 Å². The van der Waals surface area contributed by atoms with Crippen molar-refractivity contribution in [2.75, 3.05) is 0 Å². The zero-order chi connectivity index (χ0) is 19.2. The maximum absolute atomic E-state index is 12.6. The number of sulfonamides is 1. The molecule has 1 aromatic carbocycles. The molecular formula is C19H22ClN3O2S. The fraction of sp³-hybridized carbons (Fsp3) is 0.368. The molecule has 0 radical (unpaired) electrons. The molecule has 1 N–H and O–H groups in total. The van der Waals surface area contributed by atoms with E-state index in [0.29, 0.717) is 21.8 Å². The van der Waals surface area contributed by atoms with E-state index < -0.39 is 10.0 Å². The molecule has 2 aromatic rings. The van der Waals surface area contributed by atoms with Gasteiger partial charge in [0, 0.05) is 17.8 Å². The first kappa shape index (κ1) is 20.4. The normalized spacial score (nSPS) is 11.5. The monoisotopic (exact) mass is 391 g/mol. The van der Waals surface area contributed by atoms with E-state index in [0.717, 1.165) is 25.7 Å². The maximum atomic E-state index is 12.6. The fourth-order valence-electron chi connectivity index (χ4n) is 2.79. The van der Waals surface area contributed by atoms with Gasteiger partial charge in [0.1, 0.15) is 6.07 Å². The molecule has 1 aromatic heterocycles.